The summed E-state index contributed by atoms with van der Waals surface area (Å²) >= 11 is 0. The smallest absolute Gasteiger partial charge is 0.277 e. The van der Waals surface area contributed by atoms with Crippen LogP contribution in [0.2, 0.25) is 0 Å². The number of aryl methyl sites for hydroxylation is 1. The second kappa shape index (κ2) is 5.86. The molecule has 1 aromatic rings. The number of hydrogen-bond donors (Lipinski definition) is 1. The van der Waals surface area contributed by atoms with Crippen molar-refractivity contribution in [3.63, 3.8) is 0 Å². The van der Waals surface area contributed by atoms with Crippen molar-refractivity contribution in [3.05, 3.63) is 35.4 Å². The van der Waals surface area contributed by atoms with Gasteiger partial charge in [-0.25, -0.2) is 4.79 Å². The highest BCUT2D eigenvalue weighted by molar-refractivity contribution is 6.19. The summed E-state index contributed by atoms with van der Waals surface area (Å²) in [5.41, 5.74) is 1.67. The highest BCUT2D eigenvalue weighted by Gasteiger charge is 2.40. The van der Waals surface area contributed by atoms with Crippen molar-refractivity contribution in [2.24, 2.45) is 0 Å². The molecule has 4 amide bonds. The Morgan fingerprint density at radius 1 is 1.15 bits per heavy atom. The van der Waals surface area contributed by atoms with Crippen LogP contribution < -0.4 is 5.32 Å². The number of carbonyl (C=O) groups excluding carboxylic acids is 3. The van der Waals surface area contributed by atoms with Crippen LogP contribution in [0, 0.1) is 6.92 Å². The highest BCUT2D eigenvalue weighted by atomic mass is 16.2. The molecule has 0 bridgehead atoms. The molecule has 0 aliphatic carbocycles. The van der Waals surface area contributed by atoms with Gasteiger partial charge in [0, 0.05) is 6.54 Å². The monoisotopic (exact) mass is 274 g/mol. The predicted molar refractivity (Wildman–Crippen MR) is 74.1 cm³/mol. The average molecular weight is 274 g/mol. The Bertz CT molecular complexity index is 537. The van der Waals surface area contributed by atoms with E-state index in [1.54, 1.807) is 12.1 Å². The van der Waals surface area contributed by atoms with Crippen LogP contribution in [0.1, 0.15) is 36.8 Å². The van der Waals surface area contributed by atoms with Gasteiger partial charge in [0.15, 0.2) is 0 Å². The summed E-state index contributed by atoms with van der Waals surface area (Å²) in [6.07, 6.45) is 1.61. The van der Waals surface area contributed by atoms with Crippen molar-refractivity contribution < 1.29 is 14.4 Å². The van der Waals surface area contributed by atoms with Crippen molar-refractivity contribution in [1.82, 2.24) is 10.2 Å². The summed E-state index contributed by atoms with van der Waals surface area (Å²) in [5.74, 6) is -1.90. The molecular weight excluding hydrogens is 256 g/mol. The standard InChI is InChI=1S/C15H18N2O3/c1-3-4-9-17-14(19)12(13(18)16-15(17)20)11-7-5-10(2)6-8-11/h5-8,12H,3-4,9H2,1-2H3,(H,16,18,20). The van der Waals surface area contributed by atoms with Gasteiger partial charge in [-0.15, -0.1) is 0 Å². The number of benzene rings is 1. The van der Waals surface area contributed by atoms with Gasteiger partial charge in [0.1, 0.15) is 5.92 Å². The first-order valence-corrected chi connectivity index (χ1v) is 6.77. The SMILES string of the molecule is CCCCN1C(=O)NC(=O)C(c2ccc(C)cc2)C1=O. The normalized spacial score (nSPS) is 19.2. The number of nitrogens with one attached hydrogen (secondary N) is 1. The molecule has 0 saturated carbocycles. The maximum Gasteiger partial charge on any atom is 0.330 e. The molecule has 0 aromatic heterocycles. The van der Waals surface area contributed by atoms with E-state index in [9.17, 15) is 14.4 Å². The van der Waals surface area contributed by atoms with Gasteiger partial charge in [0.05, 0.1) is 0 Å². The molecule has 1 aliphatic heterocycles. The van der Waals surface area contributed by atoms with Crippen molar-refractivity contribution >= 4 is 17.8 Å². The molecule has 1 atom stereocenters. The number of barbiturate groups is 1. The second-order valence-electron chi connectivity index (χ2n) is 4.98. The van der Waals surface area contributed by atoms with Gasteiger partial charge >= 0.3 is 6.03 Å². The van der Waals surface area contributed by atoms with Gasteiger partial charge in [0.25, 0.3) is 0 Å². The molecule has 5 nitrogen and oxygen atoms in total. The van der Waals surface area contributed by atoms with E-state index in [-0.39, 0.29) is 0 Å². The summed E-state index contributed by atoms with van der Waals surface area (Å²) in [4.78, 5) is 37.2. The average Bonchev–Trinajstić information content (AvgIpc) is 2.40. The molecule has 1 aromatic carbocycles. The molecule has 5 heteroatoms. The third-order valence-corrected chi connectivity index (χ3v) is 3.40. The van der Waals surface area contributed by atoms with E-state index in [2.05, 4.69) is 5.32 Å². The number of rotatable bonds is 4. The first kappa shape index (κ1) is 14.2. The van der Waals surface area contributed by atoms with Crippen LogP contribution in [-0.2, 0) is 9.59 Å². The molecule has 1 aliphatic rings. The van der Waals surface area contributed by atoms with Crippen LogP contribution in [0.15, 0.2) is 24.3 Å². The number of carbonyl (C=O) groups is 3. The Morgan fingerprint density at radius 3 is 2.40 bits per heavy atom. The lowest BCUT2D eigenvalue weighted by Crippen LogP contribution is -2.56. The Kier molecular flexibility index (Phi) is 4.17. The molecule has 1 saturated heterocycles. The largest absolute Gasteiger partial charge is 0.330 e. The minimum absolute atomic E-state index is 0.344. The zero-order chi connectivity index (χ0) is 14.7. The predicted octanol–water partition coefficient (Wildman–Crippen LogP) is 1.96. The number of urea groups is 1. The van der Waals surface area contributed by atoms with E-state index >= 15 is 0 Å². The Morgan fingerprint density at radius 2 is 1.80 bits per heavy atom. The van der Waals surface area contributed by atoms with Crippen LogP contribution in [0.4, 0.5) is 4.79 Å². The fraction of sp³-hybridized carbons (Fsp3) is 0.400. The molecular formula is C15H18N2O3. The van der Waals surface area contributed by atoms with Crippen molar-refractivity contribution in [1.29, 1.82) is 0 Å². The lowest BCUT2D eigenvalue weighted by atomic mass is 9.94. The summed E-state index contributed by atoms with van der Waals surface area (Å²) in [6, 6.07) is 6.60. The summed E-state index contributed by atoms with van der Waals surface area (Å²) in [7, 11) is 0. The van der Waals surface area contributed by atoms with Crippen molar-refractivity contribution in [2.75, 3.05) is 6.54 Å². The molecule has 2 rings (SSSR count). The Balaban J connectivity index is 2.27. The zero-order valence-corrected chi connectivity index (χ0v) is 11.7. The molecule has 1 unspecified atom stereocenters. The fourth-order valence-electron chi connectivity index (χ4n) is 2.19. The van der Waals surface area contributed by atoms with E-state index in [1.807, 2.05) is 26.0 Å². The van der Waals surface area contributed by atoms with Gasteiger partial charge < -0.3 is 0 Å². The molecule has 1 fully saturated rings. The summed E-state index contributed by atoms with van der Waals surface area (Å²) in [5, 5.41) is 2.26. The molecule has 1 heterocycles. The third kappa shape index (κ3) is 2.71. The molecule has 1 N–H and O–H groups in total. The van der Waals surface area contributed by atoms with Crippen LogP contribution >= 0.6 is 0 Å². The number of unbranched alkanes of at least 4 members (excludes halogenated alkanes) is 1. The minimum Gasteiger partial charge on any atom is -0.277 e. The Hall–Kier alpha value is -2.17. The van der Waals surface area contributed by atoms with Gasteiger partial charge in [-0.05, 0) is 18.9 Å². The van der Waals surface area contributed by atoms with Crippen LogP contribution in [0.5, 0.6) is 0 Å². The third-order valence-electron chi connectivity index (χ3n) is 3.40. The van der Waals surface area contributed by atoms with Gasteiger partial charge in [-0.1, -0.05) is 43.2 Å². The maximum atomic E-state index is 12.4. The number of imide groups is 2. The minimum atomic E-state index is -0.926. The van der Waals surface area contributed by atoms with Crippen LogP contribution in [-0.4, -0.2) is 29.3 Å². The fourth-order valence-corrected chi connectivity index (χ4v) is 2.19. The van der Waals surface area contributed by atoms with Gasteiger partial charge in [-0.2, -0.15) is 0 Å². The quantitative estimate of drug-likeness (QED) is 0.853. The number of amides is 4. The zero-order valence-electron chi connectivity index (χ0n) is 11.7. The first-order valence-electron chi connectivity index (χ1n) is 6.77. The van der Waals surface area contributed by atoms with Gasteiger partial charge in [-0.3, -0.25) is 19.8 Å². The van der Waals surface area contributed by atoms with Crippen molar-refractivity contribution in [2.45, 2.75) is 32.6 Å². The highest BCUT2D eigenvalue weighted by Crippen LogP contribution is 2.23. The summed E-state index contributed by atoms with van der Waals surface area (Å²) in [6.45, 7) is 4.26. The molecule has 0 spiro atoms. The van der Waals surface area contributed by atoms with E-state index < -0.39 is 23.8 Å². The Labute approximate surface area is 118 Å². The second-order valence-corrected chi connectivity index (χ2v) is 4.98. The lowest BCUT2D eigenvalue weighted by Gasteiger charge is -2.30. The first-order chi connectivity index (χ1) is 9.54. The molecule has 0 radical (unpaired) electrons. The van der Waals surface area contributed by atoms with Crippen LogP contribution in [0.3, 0.4) is 0 Å². The van der Waals surface area contributed by atoms with Crippen molar-refractivity contribution in [3.8, 4) is 0 Å². The van der Waals surface area contributed by atoms with E-state index in [0.717, 1.165) is 23.3 Å². The summed E-state index contributed by atoms with van der Waals surface area (Å²) < 4.78 is 0. The lowest BCUT2D eigenvalue weighted by molar-refractivity contribution is -0.138. The molecule has 20 heavy (non-hydrogen) atoms. The van der Waals surface area contributed by atoms with E-state index in [0.29, 0.717) is 12.1 Å². The van der Waals surface area contributed by atoms with E-state index in [4.69, 9.17) is 0 Å². The van der Waals surface area contributed by atoms with E-state index in [1.165, 1.54) is 0 Å². The topological polar surface area (TPSA) is 66.5 Å². The number of nitrogens with zero attached hydrogens (tertiary/aromatic N) is 1. The van der Waals surface area contributed by atoms with Gasteiger partial charge in [0.2, 0.25) is 11.8 Å². The number of hydrogen-bond acceptors (Lipinski definition) is 3. The van der Waals surface area contributed by atoms with Crippen LogP contribution in [0.25, 0.3) is 0 Å². The molecule has 106 valence electrons. The maximum absolute atomic E-state index is 12.4.